The summed E-state index contributed by atoms with van der Waals surface area (Å²) in [7, 11) is 1.55. The van der Waals surface area contributed by atoms with Crippen LogP contribution in [0.2, 0.25) is 0 Å². The van der Waals surface area contributed by atoms with Gasteiger partial charge < -0.3 is 9.84 Å². The van der Waals surface area contributed by atoms with E-state index in [4.69, 9.17) is 9.84 Å². The van der Waals surface area contributed by atoms with Gasteiger partial charge in [-0.3, -0.25) is 9.69 Å². The topological polar surface area (TPSA) is 49.8 Å². The molecule has 1 aliphatic rings. The van der Waals surface area contributed by atoms with Crippen LogP contribution in [-0.2, 0) is 9.53 Å². The van der Waals surface area contributed by atoms with Gasteiger partial charge >= 0.3 is 5.97 Å². The van der Waals surface area contributed by atoms with Gasteiger partial charge in [0.15, 0.2) is 0 Å². The molecule has 1 N–H and O–H groups in total. The number of carboxylic acid groups (broad SMARTS) is 1. The minimum absolute atomic E-state index is 0.272. The second-order valence-electron chi connectivity index (χ2n) is 4.53. The molecule has 1 fully saturated rings. The van der Waals surface area contributed by atoms with E-state index in [2.05, 4.69) is 13.8 Å². The largest absolute Gasteiger partial charge is 0.480 e. The zero-order chi connectivity index (χ0) is 11.4. The lowest BCUT2D eigenvalue weighted by Crippen LogP contribution is -2.52. The van der Waals surface area contributed by atoms with E-state index in [0.717, 1.165) is 19.4 Å². The average Bonchev–Trinajstić information content (AvgIpc) is 2.15. The molecule has 0 aromatic heterocycles. The number of likely N-dealkylation sites (tertiary alicyclic amines) is 1. The SMILES string of the molecule is COCC(C(=O)O)N1CCC(C)CC1C. The predicted molar refractivity (Wildman–Crippen MR) is 57.9 cm³/mol. The standard InChI is InChI=1S/C11H21NO3/c1-8-4-5-12(9(2)6-8)10(7-15-3)11(13)14/h8-10H,4-7H2,1-3H3,(H,13,14). The van der Waals surface area contributed by atoms with Gasteiger partial charge in [-0.1, -0.05) is 6.92 Å². The summed E-state index contributed by atoms with van der Waals surface area (Å²) in [4.78, 5) is 13.1. The Morgan fingerprint density at radius 1 is 1.60 bits per heavy atom. The third-order valence-electron chi connectivity index (χ3n) is 3.20. The highest BCUT2D eigenvalue weighted by molar-refractivity contribution is 5.73. The van der Waals surface area contributed by atoms with Crippen molar-refractivity contribution in [2.75, 3.05) is 20.3 Å². The first-order chi connectivity index (χ1) is 7.06. The first-order valence-corrected chi connectivity index (χ1v) is 5.53. The van der Waals surface area contributed by atoms with Gasteiger partial charge in [0.25, 0.3) is 0 Å². The van der Waals surface area contributed by atoms with Gasteiger partial charge in [-0.05, 0) is 32.2 Å². The van der Waals surface area contributed by atoms with Crippen LogP contribution >= 0.6 is 0 Å². The molecule has 0 aliphatic carbocycles. The van der Waals surface area contributed by atoms with Crippen LogP contribution in [0.3, 0.4) is 0 Å². The highest BCUT2D eigenvalue weighted by Gasteiger charge is 2.32. The molecular formula is C11H21NO3. The summed E-state index contributed by atoms with van der Waals surface area (Å²) in [6.45, 7) is 5.46. The van der Waals surface area contributed by atoms with E-state index in [-0.39, 0.29) is 6.61 Å². The Kier molecular flexibility index (Phi) is 4.54. The van der Waals surface area contributed by atoms with Gasteiger partial charge in [-0.15, -0.1) is 0 Å². The lowest BCUT2D eigenvalue weighted by molar-refractivity contribution is -0.147. The molecule has 4 nitrogen and oxygen atoms in total. The van der Waals surface area contributed by atoms with Crippen LogP contribution in [0.5, 0.6) is 0 Å². The molecule has 1 heterocycles. The molecule has 0 amide bonds. The number of methoxy groups -OCH3 is 1. The fourth-order valence-electron chi connectivity index (χ4n) is 2.36. The minimum Gasteiger partial charge on any atom is -0.480 e. The highest BCUT2D eigenvalue weighted by atomic mass is 16.5. The molecular weight excluding hydrogens is 194 g/mol. The zero-order valence-electron chi connectivity index (χ0n) is 9.77. The third kappa shape index (κ3) is 3.18. The Morgan fingerprint density at radius 2 is 2.27 bits per heavy atom. The average molecular weight is 215 g/mol. The van der Waals surface area contributed by atoms with Gasteiger partial charge in [-0.25, -0.2) is 0 Å². The second kappa shape index (κ2) is 5.47. The predicted octanol–water partition coefficient (Wildman–Crippen LogP) is 1.21. The zero-order valence-corrected chi connectivity index (χ0v) is 9.77. The molecule has 1 saturated heterocycles. The Balaban J connectivity index is 2.62. The summed E-state index contributed by atoms with van der Waals surface area (Å²) in [5, 5.41) is 9.12. The number of nitrogens with zero attached hydrogens (tertiary/aromatic N) is 1. The first-order valence-electron chi connectivity index (χ1n) is 5.53. The smallest absolute Gasteiger partial charge is 0.323 e. The lowest BCUT2D eigenvalue weighted by Gasteiger charge is -2.39. The van der Waals surface area contributed by atoms with Gasteiger partial charge in [0.05, 0.1) is 6.61 Å². The lowest BCUT2D eigenvalue weighted by atomic mass is 9.92. The molecule has 0 bridgehead atoms. The van der Waals surface area contributed by atoms with Crippen molar-refractivity contribution in [2.24, 2.45) is 5.92 Å². The molecule has 4 heteroatoms. The van der Waals surface area contributed by atoms with Crippen molar-refractivity contribution in [1.29, 1.82) is 0 Å². The van der Waals surface area contributed by atoms with Crippen LogP contribution in [0.25, 0.3) is 0 Å². The number of piperidine rings is 1. The Labute approximate surface area is 91.2 Å². The van der Waals surface area contributed by atoms with Crippen LogP contribution in [0.15, 0.2) is 0 Å². The minimum atomic E-state index is -0.779. The maximum atomic E-state index is 11.1. The van der Waals surface area contributed by atoms with E-state index in [9.17, 15) is 4.79 Å². The van der Waals surface area contributed by atoms with Crippen LogP contribution in [0, 0.1) is 5.92 Å². The van der Waals surface area contributed by atoms with Crippen molar-refractivity contribution in [2.45, 2.75) is 38.8 Å². The highest BCUT2D eigenvalue weighted by Crippen LogP contribution is 2.24. The number of hydrogen-bond acceptors (Lipinski definition) is 3. The van der Waals surface area contributed by atoms with Gasteiger partial charge in [0.1, 0.15) is 6.04 Å². The van der Waals surface area contributed by atoms with Crippen LogP contribution < -0.4 is 0 Å². The summed E-state index contributed by atoms with van der Waals surface area (Å²) in [5.41, 5.74) is 0. The molecule has 1 aliphatic heterocycles. The Hall–Kier alpha value is -0.610. The number of carboxylic acids is 1. The molecule has 0 aromatic carbocycles. The van der Waals surface area contributed by atoms with Gasteiger partial charge in [0, 0.05) is 13.2 Å². The van der Waals surface area contributed by atoms with E-state index in [0.29, 0.717) is 12.0 Å². The first kappa shape index (κ1) is 12.5. The maximum Gasteiger partial charge on any atom is 0.323 e. The molecule has 88 valence electrons. The molecule has 3 unspecified atom stereocenters. The van der Waals surface area contributed by atoms with Crippen molar-refractivity contribution >= 4 is 5.97 Å². The summed E-state index contributed by atoms with van der Waals surface area (Å²) in [5.74, 6) is -0.0773. The molecule has 0 aromatic rings. The fraction of sp³-hybridized carbons (Fsp3) is 0.909. The van der Waals surface area contributed by atoms with Crippen LogP contribution in [-0.4, -0.2) is 48.3 Å². The number of ether oxygens (including phenoxy) is 1. The number of carbonyl (C=O) groups is 1. The van der Waals surface area contributed by atoms with E-state index in [1.807, 2.05) is 4.90 Å². The molecule has 0 saturated carbocycles. The van der Waals surface area contributed by atoms with E-state index < -0.39 is 12.0 Å². The number of aliphatic carboxylic acids is 1. The molecule has 1 rings (SSSR count). The summed E-state index contributed by atoms with van der Waals surface area (Å²) < 4.78 is 4.97. The molecule has 0 spiro atoms. The molecule has 15 heavy (non-hydrogen) atoms. The third-order valence-corrected chi connectivity index (χ3v) is 3.20. The molecule has 0 radical (unpaired) electrons. The van der Waals surface area contributed by atoms with Crippen molar-refractivity contribution in [3.05, 3.63) is 0 Å². The normalized spacial score (nSPS) is 30.1. The Morgan fingerprint density at radius 3 is 2.73 bits per heavy atom. The van der Waals surface area contributed by atoms with Gasteiger partial charge in [0.2, 0.25) is 0 Å². The summed E-state index contributed by atoms with van der Waals surface area (Å²) in [6, 6.07) is -0.150. The van der Waals surface area contributed by atoms with Crippen molar-refractivity contribution in [3.63, 3.8) is 0 Å². The van der Waals surface area contributed by atoms with E-state index >= 15 is 0 Å². The van der Waals surface area contributed by atoms with E-state index in [1.165, 1.54) is 0 Å². The second-order valence-corrected chi connectivity index (χ2v) is 4.53. The monoisotopic (exact) mass is 215 g/mol. The Bertz CT molecular complexity index is 220. The molecule has 3 atom stereocenters. The van der Waals surface area contributed by atoms with Crippen molar-refractivity contribution in [1.82, 2.24) is 4.90 Å². The van der Waals surface area contributed by atoms with Crippen molar-refractivity contribution < 1.29 is 14.6 Å². The summed E-state index contributed by atoms with van der Waals surface area (Å²) in [6.07, 6.45) is 2.16. The summed E-state index contributed by atoms with van der Waals surface area (Å²) >= 11 is 0. The van der Waals surface area contributed by atoms with Gasteiger partial charge in [-0.2, -0.15) is 0 Å². The number of hydrogen-bond donors (Lipinski definition) is 1. The quantitative estimate of drug-likeness (QED) is 0.765. The number of rotatable bonds is 4. The van der Waals surface area contributed by atoms with E-state index in [1.54, 1.807) is 7.11 Å². The fourth-order valence-corrected chi connectivity index (χ4v) is 2.36. The van der Waals surface area contributed by atoms with Crippen LogP contribution in [0.1, 0.15) is 26.7 Å². The maximum absolute atomic E-state index is 11.1. The van der Waals surface area contributed by atoms with Crippen molar-refractivity contribution in [3.8, 4) is 0 Å². The van der Waals surface area contributed by atoms with Crippen LogP contribution in [0.4, 0.5) is 0 Å².